The number of aryl methyl sites for hydroxylation is 1. The first-order valence-corrected chi connectivity index (χ1v) is 10.3. The largest absolute Gasteiger partial charge is 0.493 e. The number of furan rings is 1. The second-order valence-electron chi connectivity index (χ2n) is 7.29. The Hall–Kier alpha value is -3.95. The molecule has 2 amide bonds. The minimum absolute atomic E-state index is 0.0168. The van der Waals surface area contributed by atoms with Gasteiger partial charge >= 0.3 is 6.18 Å². The van der Waals surface area contributed by atoms with Crippen molar-refractivity contribution in [3.05, 3.63) is 77.7 Å². The van der Waals surface area contributed by atoms with Gasteiger partial charge in [0.15, 0.2) is 23.9 Å². The predicted molar refractivity (Wildman–Crippen MR) is 118 cm³/mol. The molecule has 1 heterocycles. The van der Waals surface area contributed by atoms with Crippen molar-refractivity contribution in [3.8, 4) is 11.5 Å². The van der Waals surface area contributed by atoms with Crippen LogP contribution in [-0.2, 0) is 17.8 Å². The van der Waals surface area contributed by atoms with Crippen LogP contribution >= 0.6 is 0 Å². The molecule has 0 atom stereocenters. The number of rotatable bonds is 10. The minimum atomic E-state index is -4.45. The number of amides is 2. The Morgan fingerprint density at radius 3 is 2.38 bits per heavy atom. The Kier molecular flexibility index (Phi) is 8.18. The number of alkyl halides is 3. The lowest BCUT2D eigenvalue weighted by Gasteiger charge is -2.13. The van der Waals surface area contributed by atoms with Gasteiger partial charge in [0.25, 0.3) is 5.91 Å². The van der Waals surface area contributed by atoms with E-state index in [0.717, 1.165) is 11.1 Å². The fourth-order valence-electron chi connectivity index (χ4n) is 3.00. The molecule has 0 aliphatic rings. The van der Waals surface area contributed by atoms with Gasteiger partial charge < -0.3 is 24.5 Å². The van der Waals surface area contributed by atoms with Crippen molar-refractivity contribution in [2.75, 3.05) is 19.0 Å². The highest BCUT2D eigenvalue weighted by molar-refractivity contribution is 6.02. The van der Waals surface area contributed by atoms with E-state index in [1.54, 1.807) is 48.5 Å². The van der Waals surface area contributed by atoms with Crippen LogP contribution in [0.25, 0.3) is 0 Å². The second kappa shape index (κ2) is 11.3. The van der Waals surface area contributed by atoms with Crippen LogP contribution in [0.2, 0.25) is 0 Å². The molecule has 2 aromatic carbocycles. The summed E-state index contributed by atoms with van der Waals surface area (Å²) in [6.07, 6.45) is -2.47. The number of methoxy groups -OCH3 is 1. The van der Waals surface area contributed by atoms with Crippen LogP contribution in [0.15, 0.2) is 65.3 Å². The van der Waals surface area contributed by atoms with Crippen LogP contribution in [0.1, 0.15) is 28.1 Å². The first kappa shape index (κ1) is 24.7. The summed E-state index contributed by atoms with van der Waals surface area (Å²) in [4.78, 5) is 24.2. The summed E-state index contributed by atoms with van der Waals surface area (Å²) < 4.78 is 51.9. The Morgan fingerprint density at radius 2 is 1.74 bits per heavy atom. The molecular weight excluding hydrogens is 453 g/mol. The Balaban J connectivity index is 1.44. The molecule has 2 N–H and O–H groups in total. The van der Waals surface area contributed by atoms with Gasteiger partial charge in [0.1, 0.15) is 0 Å². The van der Waals surface area contributed by atoms with Crippen LogP contribution in [-0.4, -0.2) is 31.7 Å². The quantitative estimate of drug-likeness (QED) is 0.442. The minimum Gasteiger partial charge on any atom is -0.493 e. The highest BCUT2D eigenvalue weighted by Crippen LogP contribution is 2.30. The van der Waals surface area contributed by atoms with Gasteiger partial charge in [-0.3, -0.25) is 9.59 Å². The third-order valence-electron chi connectivity index (χ3n) is 4.71. The number of benzene rings is 2. The summed E-state index contributed by atoms with van der Waals surface area (Å²) in [6, 6.07) is 14.7. The number of hydrogen-bond acceptors (Lipinski definition) is 5. The molecule has 0 aliphatic carbocycles. The molecule has 3 aromatic rings. The number of ether oxygens (including phenoxy) is 2. The summed E-state index contributed by atoms with van der Waals surface area (Å²) in [5.41, 5.74) is 2.16. The molecule has 3 rings (SSSR count). The van der Waals surface area contributed by atoms with Gasteiger partial charge in [-0.1, -0.05) is 18.2 Å². The zero-order valence-electron chi connectivity index (χ0n) is 18.3. The molecule has 10 heteroatoms. The highest BCUT2D eigenvalue weighted by Gasteiger charge is 2.29. The first-order valence-electron chi connectivity index (χ1n) is 10.3. The number of carbonyl (C=O) groups is 2. The Labute approximate surface area is 193 Å². The lowest BCUT2D eigenvalue weighted by Crippen LogP contribution is -2.23. The molecule has 7 nitrogen and oxygen atoms in total. The van der Waals surface area contributed by atoms with Crippen LogP contribution in [0.3, 0.4) is 0 Å². The molecular formula is C24H23F3N2O5. The summed E-state index contributed by atoms with van der Waals surface area (Å²) in [7, 11) is 1.33. The smallest absolute Gasteiger partial charge is 0.422 e. The van der Waals surface area contributed by atoms with Gasteiger partial charge in [-0.2, -0.15) is 13.2 Å². The predicted octanol–water partition coefficient (Wildman–Crippen LogP) is 4.73. The van der Waals surface area contributed by atoms with Crippen LogP contribution in [0.4, 0.5) is 18.9 Å². The standard InChI is InChI=1S/C24H23F3N2O5/c1-32-21-13-16(6-10-19(21)34-15-24(25,26)27)7-11-22(30)28-14-17-4-8-18(9-5-17)29-23(31)20-3-2-12-33-20/h2-6,8-10,12-13H,7,11,14-15H2,1H3,(H,28,30)(H,29,31). The van der Waals surface area contributed by atoms with Crippen molar-refractivity contribution in [1.29, 1.82) is 0 Å². The third kappa shape index (κ3) is 7.58. The second-order valence-corrected chi connectivity index (χ2v) is 7.29. The summed E-state index contributed by atoms with van der Waals surface area (Å²) in [5, 5.41) is 5.51. The average Bonchev–Trinajstić information content (AvgIpc) is 3.36. The zero-order valence-corrected chi connectivity index (χ0v) is 18.3. The molecule has 34 heavy (non-hydrogen) atoms. The van der Waals surface area contributed by atoms with Gasteiger partial charge in [0.2, 0.25) is 5.91 Å². The number of halogens is 3. The molecule has 0 unspecified atom stereocenters. The molecule has 1 aromatic heterocycles. The fourth-order valence-corrected chi connectivity index (χ4v) is 3.00. The van der Waals surface area contributed by atoms with Gasteiger partial charge in [0.05, 0.1) is 13.4 Å². The maximum Gasteiger partial charge on any atom is 0.422 e. The Morgan fingerprint density at radius 1 is 1.00 bits per heavy atom. The van der Waals surface area contributed by atoms with Crippen molar-refractivity contribution >= 4 is 17.5 Å². The highest BCUT2D eigenvalue weighted by atomic mass is 19.4. The topological polar surface area (TPSA) is 89.8 Å². The molecule has 0 fully saturated rings. The van der Waals surface area contributed by atoms with Gasteiger partial charge in [0, 0.05) is 18.7 Å². The fraction of sp³-hybridized carbons (Fsp3) is 0.250. The normalized spacial score (nSPS) is 11.1. The number of carbonyl (C=O) groups excluding carboxylic acids is 2. The maximum absolute atomic E-state index is 12.4. The monoisotopic (exact) mass is 476 g/mol. The molecule has 0 bridgehead atoms. The van der Waals surface area contributed by atoms with Crippen molar-refractivity contribution < 1.29 is 36.7 Å². The van der Waals surface area contributed by atoms with E-state index in [9.17, 15) is 22.8 Å². The molecule has 180 valence electrons. The summed E-state index contributed by atoms with van der Waals surface area (Å²) in [5.74, 6) is -0.190. The van der Waals surface area contributed by atoms with Crippen molar-refractivity contribution in [2.45, 2.75) is 25.6 Å². The van der Waals surface area contributed by atoms with Gasteiger partial charge in [-0.15, -0.1) is 0 Å². The Bertz CT molecular complexity index is 1100. The maximum atomic E-state index is 12.4. The molecule has 0 spiro atoms. The molecule has 0 radical (unpaired) electrons. The van der Waals surface area contributed by atoms with E-state index in [-0.39, 0.29) is 35.5 Å². The van der Waals surface area contributed by atoms with E-state index >= 15 is 0 Å². The summed E-state index contributed by atoms with van der Waals surface area (Å²) in [6.45, 7) is -1.11. The van der Waals surface area contributed by atoms with Crippen LogP contribution < -0.4 is 20.1 Å². The summed E-state index contributed by atoms with van der Waals surface area (Å²) >= 11 is 0. The zero-order chi connectivity index (χ0) is 24.6. The molecule has 0 saturated carbocycles. The van der Waals surface area contributed by atoms with Crippen LogP contribution in [0, 0.1) is 0 Å². The van der Waals surface area contributed by atoms with E-state index < -0.39 is 12.8 Å². The van der Waals surface area contributed by atoms with Gasteiger partial charge in [-0.25, -0.2) is 0 Å². The average molecular weight is 476 g/mol. The number of hydrogen-bond donors (Lipinski definition) is 2. The molecule has 0 saturated heterocycles. The molecule has 0 aliphatic heterocycles. The van der Waals surface area contributed by atoms with Crippen molar-refractivity contribution in [3.63, 3.8) is 0 Å². The first-order chi connectivity index (χ1) is 16.2. The third-order valence-corrected chi connectivity index (χ3v) is 4.71. The van der Waals surface area contributed by atoms with Crippen LogP contribution in [0.5, 0.6) is 11.5 Å². The van der Waals surface area contributed by atoms with Gasteiger partial charge in [-0.05, 0) is 53.9 Å². The lowest BCUT2D eigenvalue weighted by molar-refractivity contribution is -0.153. The van der Waals surface area contributed by atoms with E-state index in [1.807, 2.05) is 0 Å². The van der Waals surface area contributed by atoms with Crippen molar-refractivity contribution in [2.24, 2.45) is 0 Å². The van der Waals surface area contributed by atoms with E-state index in [2.05, 4.69) is 10.6 Å². The van der Waals surface area contributed by atoms with Crippen molar-refractivity contribution in [1.82, 2.24) is 5.32 Å². The number of anilines is 1. The number of nitrogens with one attached hydrogen (secondary N) is 2. The van der Waals surface area contributed by atoms with E-state index in [0.29, 0.717) is 18.7 Å². The SMILES string of the molecule is COc1cc(CCC(=O)NCc2ccc(NC(=O)c3ccco3)cc2)ccc1OCC(F)(F)F. The lowest BCUT2D eigenvalue weighted by atomic mass is 10.1. The van der Waals surface area contributed by atoms with E-state index in [4.69, 9.17) is 13.9 Å². The van der Waals surface area contributed by atoms with E-state index in [1.165, 1.54) is 19.4 Å².